The first kappa shape index (κ1) is 13.0. The Labute approximate surface area is 116 Å². The number of fused-ring (bicyclic) bond motifs is 1. The maximum Gasteiger partial charge on any atom is 0.122 e. The summed E-state index contributed by atoms with van der Waals surface area (Å²) in [6, 6.07) is 7.93. The van der Waals surface area contributed by atoms with Crippen LogP contribution >= 0.6 is 0 Å². The summed E-state index contributed by atoms with van der Waals surface area (Å²) < 4.78 is 5.50. The molecule has 2 aliphatic rings. The molecule has 19 heavy (non-hydrogen) atoms. The Kier molecular flexibility index (Phi) is 3.79. The molecule has 1 aromatic rings. The molecule has 2 nitrogen and oxygen atoms in total. The van der Waals surface area contributed by atoms with E-state index in [9.17, 15) is 0 Å². The van der Waals surface area contributed by atoms with Crippen molar-refractivity contribution in [1.29, 1.82) is 0 Å². The van der Waals surface area contributed by atoms with Gasteiger partial charge in [0.25, 0.3) is 0 Å². The number of aryl methyl sites for hydroxylation is 1. The molecule has 104 valence electrons. The van der Waals surface area contributed by atoms with Crippen LogP contribution in [0.15, 0.2) is 18.2 Å². The summed E-state index contributed by atoms with van der Waals surface area (Å²) in [4.78, 5) is 0. The molecule has 1 aromatic carbocycles. The van der Waals surface area contributed by atoms with Gasteiger partial charge in [0, 0.05) is 12.1 Å². The van der Waals surface area contributed by atoms with E-state index in [1.165, 1.54) is 43.2 Å². The summed E-state index contributed by atoms with van der Waals surface area (Å²) in [5.74, 6) is 2.00. The van der Waals surface area contributed by atoms with Crippen LogP contribution in [-0.4, -0.2) is 19.2 Å². The first-order valence-electron chi connectivity index (χ1n) is 7.66. The molecule has 1 heterocycles. The zero-order valence-corrected chi connectivity index (χ0v) is 12.1. The summed E-state index contributed by atoms with van der Waals surface area (Å²) in [7, 11) is 1.77. The zero-order chi connectivity index (χ0) is 13.2. The van der Waals surface area contributed by atoms with Crippen molar-refractivity contribution in [2.75, 3.05) is 7.11 Å². The summed E-state index contributed by atoms with van der Waals surface area (Å²) >= 11 is 0. The van der Waals surface area contributed by atoms with Gasteiger partial charge in [-0.2, -0.15) is 0 Å². The van der Waals surface area contributed by atoms with Gasteiger partial charge in [0.2, 0.25) is 0 Å². The van der Waals surface area contributed by atoms with Crippen LogP contribution in [0.4, 0.5) is 0 Å². The molecule has 1 aliphatic heterocycles. The third kappa shape index (κ3) is 2.79. The maximum atomic E-state index is 5.50. The van der Waals surface area contributed by atoms with Crippen LogP contribution in [0.5, 0.6) is 5.75 Å². The van der Waals surface area contributed by atoms with Crippen LogP contribution in [0, 0.1) is 12.8 Å². The van der Waals surface area contributed by atoms with E-state index in [1.807, 2.05) is 0 Å². The molecule has 1 aliphatic carbocycles. The second-order valence-corrected chi connectivity index (χ2v) is 6.26. The van der Waals surface area contributed by atoms with E-state index in [2.05, 4.69) is 30.4 Å². The molecule has 2 heteroatoms. The van der Waals surface area contributed by atoms with Gasteiger partial charge in [-0.05, 0) is 56.6 Å². The van der Waals surface area contributed by atoms with E-state index in [-0.39, 0.29) is 0 Å². The number of ether oxygens (including phenoxy) is 1. The summed E-state index contributed by atoms with van der Waals surface area (Å²) in [5.41, 5.74) is 2.68. The Morgan fingerprint density at radius 3 is 2.95 bits per heavy atom. The number of hydrogen-bond acceptors (Lipinski definition) is 2. The molecule has 0 radical (unpaired) electrons. The minimum Gasteiger partial charge on any atom is -0.496 e. The summed E-state index contributed by atoms with van der Waals surface area (Å²) in [6.45, 7) is 2.16. The molecule has 0 amide bonds. The van der Waals surface area contributed by atoms with Gasteiger partial charge in [0.1, 0.15) is 5.75 Å². The van der Waals surface area contributed by atoms with Gasteiger partial charge in [0.05, 0.1) is 7.11 Å². The minimum atomic E-state index is 0.634. The van der Waals surface area contributed by atoms with Crippen LogP contribution in [0.25, 0.3) is 0 Å². The molecular weight excluding hydrogens is 234 g/mol. The molecule has 3 unspecified atom stereocenters. The largest absolute Gasteiger partial charge is 0.496 e. The lowest BCUT2D eigenvalue weighted by Gasteiger charge is -2.34. The molecule has 0 bridgehead atoms. The second-order valence-electron chi connectivity index (χ2n) is 6.26. The third-order valence-electron chi connectivity index (χ3n) is 4.90. The van der Waals surface area contributed by atoms with Crippen LogP contribution < -0.4 is 10.1 Å². The van der Waals surface area contributed by atoms with E-state index in [0.29, 0.717) is 6.04 Å². The van der Waals surface area contributed by atoms with Crippen LogP contribution in [0.1, 0.15) is 43.2 Å². The predicted octanol–water partition coefficient (Wildman–Crippen LogP) is 3.47. The first-order valence-corrected chi connectivity index (χ1v) is 7.66. The van der Waals surface area contributed by atoms with Crippen molar-refractivity contribution < 1.29 is 4.74 Å². The lowest BCUT2D eigenvalue weighted by atomic mass is 9.87. The average Bonchev–Trinajstić information content (AvgIpc) is 2.86. The van der Waals surface area contributed by atoms with E-state index >= 15 is 0 Å². The fraction of sp³-hybridized carbons (Fsp3) is 0.647. The average molecular weight is 259 g/mol. The topological polar surface area (TPSA) is 21.3 Å². The highest BCUT2D eigenvalue weighted by molar-refractivity contribution is 5.37. The second kappa shape index (κ2) is 5.54. The summed E-state index contributed by atoms with van der Waals surface area (Å²) in [5, 5.41) is 3.88. The Hall–Kier alpha value is -1.02. The van der Waals surface area contributed by atoms with Crippen molar-refractivity contribution in [3.8, 4) is 5.75 Å². The Bertz CT molecular complexity index is 443. The number of piperidine rings is 1. The molecule has 0 spiro atoms. The number of rotatable bonds is 3. The van der Waals surface area contributed by atoms with E-state index in [0.717, 1.165) is 24.1 Å². The van der Waals surface area contributed by atoms with E-state index < -0.39 is 0 Å². The highest BCUT2D eigenvalue weighted by Crippen LogP contribution is 2.34. The van der Waals surface area contributed by atoms with Gasteiger partial charge >= 0.3 is 0 Å². The van der Waals surface area contributed by atoms with Gasteiger partial charge in [-0.3, -0.25) is 0 Å². The Balaban J connectivity index is 1.69. The summed E-state index contributed by atoms with van der Waals surface area (Å²) in [6.07, 6.45) is 8.08. The lowest BCUT2D eigenvalue weighted by Crippen LogP contribution is -2.46. The predicted molar refractivity (Wildman–Crippen MR) is 78.7 cm³/mol. The SMILES string of the molecule is COc1ccc(C)cc1CC1CCC2CCCC2N1. The molecule has 3 rings (SSSR count). The van der Waals surface area contributed by atoms with Gasteiger partial charge in [-0.15, -0.1) is 0 Å². The molecule has 2 fully saturated rings. The van der Waals surface area contributed by atoms with Crippen LogP contribution in [-0.2, 0) is 6.42 Å². The molecule has 1 saturated carbocycles. The van der Waals surface area contributed by atoms with Crippen LogP contribution in [0.3, 0.4) is 0 Å². The van der Waals surface area contributed by atoms with Crippen molar-refractivity contribution in [1.82, 2.24) is 5.32 Å². The standard InChI is InChI=1S/C17H25NO/c1-12-6-9-17(19-2)14(10-12)11-15-8-7-13-4-3-5-16(13)18-15/h6,9-10,13,15-16,18H,3-5,7-8,11H2,1-2H3. The van der Waals surface area contributed by atoms with Crippen molar-refractivity contribution in [3.63, 3.8) is 0 Å². The van der Waals surface area contributed by atoms with Crippen LogP contribution in [0.2, 0.25) is 0 Å². The number of benzene rings is 1. The van der Waals surface area contributed by atoms with Gasteiger partial charge < -0.3 is 10.1 Å². The monoisotopic (exact) mass is 259 g/mol. The molecular formula is C17H25NO. The normalized spacial score (nSPS) is 30.1. The van der Waals surface area contributed by atoms with Gasteiger partial charge in [-0.25, -0.2) is 0 Å². The number of nitrogens with one attached hydrogen (secondary N) is 1. The smallest absolute Gasteiger partial charge is 0.122 e. The van der Waals surface area contributed by atoms with Gasteiger partial charge in [-0.1, -0.05) is 24.1 Å². The third-order valence-corrected chi connectivity index (χ3v) is 4.90. The molecule has 1 N–H and O–H groups in total. The van der Waals surface area contributed by atoms with E-state index in [1.54, 1.807) is 7.11 Å². The molecule has 1 saturated heterocycles. The quantitative estimate of drug-likeness (QED) is 0.897. The van der Waals surface area contributed by atoms with Crippen molar-refractivity contribution in [3.05, 3.63) is 29.3 Å². The zero-order valence-electron chi connectivity index (χ0n) is 12.1. The number of methoxy groups -OCH3 is 1. The highest BCUT2D eigenvalue weighted by Gasteiger charge is 2.33. The maximum absolute atomic E-state index is 5.50. The van der Waals surface area contributed by atoms with Crippen molar-refractivity contribution in [2.24, 2.45) is 5.92 Å². The first-order chi connectivity index (χ1) is 9.26. The Morgan fingerprint density at radius 1 is 1.21 bits per heavy atom. The van der Waals surface area contributed by atoms with Crippen molar-refractivity contribution >= 4 is 0 Å². The fourth-order valence-electron chi connectivity index (χ4n) is 3.90. The Morgan fingerprint density at radius 2 is 2.11 bits per heavy atom. The number of hydrogen-bond donors (Lipinski definition) is 1. The fourth-order valence-corrected chi connectivity index (χ4v) is 3.90. The minimum absolute atomic E-state index is 0.634. The van der Waals surface area contributed by atoms with Gasteiger partial charge in [0.15, 0.2) is 0 Å². The molecule has 0 aromatic heterocycles. The van der Waals surface area contributed by atoms with Crippen molar-refractivity contribution in [2.45, 2.75) is 57.5 Å². The molecule has 3 atom stereocenters. The lowest BCUT2D eigenvalue weighted by molar-refractivity contribution is 0.256. The highest BCUT2D eigenvalue weighted by atomic mass is 16.5. The van der Waals surface area contributed by atoms with E-state index in [4.69, 9.17) is 4.74 Å².